The summed E-state index contributed by atoms with van der Waals surface area (Å²) in [5.74, 6) is -0.569. The van der Waals surface area contributed by atoms with Gasteiger partial charge in [-0.05, 0) is 25.5 Å². The minimum Gasteiger partial charge on any atom is -0.465 e. The number of carbonyl (C=O) groups excluding carboxylic acids is 1. The third-order valence-corrected chi connectivity index (χ3v) is 6.92. The fourth-order valence-electron chi connectivity index (χ4n) is 1.69. The molecule has 0 fully saturated rings. The number of nitrogens with two attached hydrogens (primary N) is 1. The number of ether oxygens (including phenoxy) is 1. The van der Waals surface area contributed by atoms with Gasteiger partial charge in [0.05, 0.1) is 12.7 Å². The number of thiophene rings is 2. The highest BCUT2D eigenvalue weighted by Gasteiger charge is 2.25. The summed E-state index contributed by atoms with van der Waals surface area (Å²) >= 11 is 2.22. The van der Waals surface area contributed by atoms with E-state index in [-0.39, 0.29) is 14.8 Å². The Bertz CT molecular complexity index is 790. The predicted octanol–water partition coefficient (Wildman–Crippen LogP) is 2.60. The molecular weight excluding hydrogens is 332 g/mol. The second-order valence-electron chi connectivity index (χ2n) is 4.28. The molecular formula is C12H14N2O4S3. The van der Waals surface area contributed by atoms with Gasteiger partial charge >= 0.3 is 5.97 Å². The van der Waals surface area contributed by atoms with Gasteiger partial charge < -0.3 is 10.5 Å². The Kier molecular flexibility index (Phi) is 4.26. The monoisotopic (exact) mass is 346 g/mol. The third kappa shape index (κ3) is 3.04. The van der Waals surface area contributed by atoms with E-state index in [2.05, 4.69) is 4.72 Å². The van der Waals surface area contributed by atoms with Gasteiger partial charge in [0.25, 0.3) is 10.0 Å². The lowest BCUT2D eigenvalue weighted by atomic mass is 10.2. The van der Waals surface area contributed by atoms with Crippen molar-refractivity contribution in [1.29, 1.82) is 0 Å². The van der Waals surface area contributed by atoms with Crippen LogP contribution in [-0.2, 0) is 14.8 Å². The van der Waals surface area contributed by atoms with Crippen LogP contribution in [0.25, 0.3) is 0 Å². The number of methoxy groups -OCH3 is 1. The molecule has 6 nitrogen and oxygen atoms in total. The highest BCUT2D eigenvalue weighted by molar-refractivity contribution is 7.94. The van der Waals surface area contributed by atoms with E-state index in [4.69, 9.17) is 10.5 Å². The van der Waals surface area contributed by atoms with Gasteiger partial charge in [-0.15, -0.1) is 22.7 Å². The van der Waals surface area contributed by atoms with Crippen molar-refractivity contribution in [3.05, 3.63) is 27.5 Å². The Morgan fingerprint density at radius 3 is 2.57 bits per heavy atom. The number of hydrogen-bond donors (Lipinski definition) is 2. The van der Waals surface area contributed by atoms with Crippen molar-refractivity contribution in [2.24, 2.45) is 0 Å². The van der Waals surface area contributed by atoms with Crippen molar-refractivity contribution < 1.29 is 17.9 Å². The first-order valence-electron chi connectivity index (χ1n) is 5.81. The first kappa shape index (κ1) is 15.8. The van der Waals surface area contributed by atoms with Crippen molar-refractivity contribution >= 4 is 49.4 Å². The van der Waals surface area contributed by atoms with E-state index in [1.807, 2.05) is 6.92 Å². The molecule has 0 unspecified atom stereocenters. The normalized spacial score (nSPS) is 11.4. The molecule has 9 heteroatoms. The van der Waals surface area contributed by atoms with E-state index in [9.17, 15) is 13.2 Å². The number of nitrogens with one attached hydrogen (secondary N) is 1. The number of anilines is 2. The number of rotatable bonds is 4. The van der Waals surface area contributed by atoms with Gasteiger partial charge in [-0.2, -0.15) is 0 Å². The average Bonchev–Trinajstić information content (AvgIpc) is 2.95. The van der Waals surface area contributed by atoms with E-state index in [0.717, 1.165) is 16.2 Å². The van der Waals surface area contributed by atoms with Gasteiger partial charge in [-0.25, -0.2) is 13.2 Å². The summed E-state index contributed by atoms with van der Waals surface area (Å²) in [4.78, 5) is 12.7. The molecule has 21 heavy (non-hydrogen) atoms. The molecule has 0 atom stereocenters. The zero-order valence-electron chi connectivity index (χ0n) is 11.6. The van der Waals surface area contributed by atoms with Crippen molar-refractivity contribution in [2.75, 3.05) is 17.6 Å². The van der Waals surface area contributed by atoms with Gasteiger partial charge in [0, 0.05) is 15.9 Å². The molecule has 2 rings (SSSR count). The predicted molar refractivity (Wildman–Crippen MR) is 84.7 cm³/mol. The maximum absolute atomic E-state index is 12.3. The summed E-state index contributed by atoms with van der Waals surface area (Å²) in [6, 6.07) is 1.37. The largest absolute Gasteiger partial charge is 0.465 e. The molecule has 0 spiro atoms. The standard InChI is InChI=1S/C12H14N2O4S3/c1-6-7(2)20-11(10(6)12(15)18-3)14-21(16,17)9-4-8(13)5-19-9/h4-5,14H,13H2,1-3H3. The summed E-state index contributed by atoms with van der Waals surface area (Å²) in [5, 5.41) is 1.80. The van der Waals surface area contributed by atoms with Crippen LogP contribution >= 0.6 is 22.7 Å². The molecule has 2 aromatic heterocycles. The molecule has 0 aromatic carbocycles. The number of aryl methyl sites for hydroxylation is 1. The summed E-state index contributed by atoms with van der Waals surface area (Å²) in [6.45, 7) is 3.56. The molecule has 0 aliphatic rings. The smallest absolute Gasteiger partial charge is 0.341 e. The Balaban J connectivity index is 2.45. The van der Waals surface area contributed by atoms with Crippen LogP contribution in [0.2, 0.25) is 0 Å². The summed E-state index contributed by atoms with van der Waals surface area (Å²) in [6.07, 6.45) is 0. The Labute approximate surface area is 130 Å². The molecule has 0 aliphatic heterocycles. The van der Waals surface area contributed by atoms with Gasteiger partial charge in [-0.3, -0.25) is 4.72 Å². The molecule has 0 saturated carbocycles. The molecule has 0 saturated heterocycles. The van der Waals surface area contributed by atoms with E-state index in [1.54, 1.807) is 12.3 Å². The van der Waals surface area contributed by atoms with Gasteiger partial charge in [0.2, 0.25) is 0 Å². The number of nitrogen functional groups attached to an aromatic ring is 1. The highest BCUT2D eigenvalue weighted by atomic mass is 32.2. The fourth-order valence-corrected chi connectivity index (χ4v) is 5.12. The van der Waals surface area contributed by atoms with Crippen molar-refractivity contribution in [3.63, 3.8) is 0 Å². The molecule has 114 valence electrons. The number of esters is 1. The van der Waals surface area contributed by atoms with Crippen LogP contribution < -0.4 is 10.5 Å². The maximum atomic E-state index is 12.3. The zero-order valence-corrected chi connectivity index (χ0v) is 14.0. The molecule has 0 radical (unpaired) electrons. The van der Waals surface area contributed by atoms with Gasteiger partial charge in [0.15, 0.2) is 0 Å². The van der Waals surface area contributed by atoms with Gasteiger partial charge in [0.1, 0.15) is 9.21 Å². The van der Waals surface area contributed by atoms with Crippen LogP contribution in [-0.4, -0.2) is 21.5 Å². The topological polar surface area (TPSA) is 98.5 Å². The van der Waals surface area contributed by atoms with Crippen molar-refractivity contribution in [1.82, 2.24) is 0 Å². The Morgan fingerprint density at radius 2 is 2.05 bits per heavy atom. The minimum absolute atomic E-state index is 0.0968. The lowest BCUT2D eigenvalue weighted by Crippen LogP contribution is -2.14. The van der Waals surface area contributed by atoms with E-state index in [0.29, 0.717) is 11.3 Å². The first-order valence-corrected chi connectivity index (χ1v) is 8.99. The van der Waals surface area contributed by atoms with Crippen LogP contribution in [0, 0.1) is 13.8 Å². The Morgan fingerprint density at radius 1 is 1.38 bits per heavy atom. The molecule has 0 bridgehead atoms. The van der Waals surface area contributed by atoms with Crippen LogP contribution in [0.15, 0.2) is 15.7 Å². The first-order chi connectivity index (χ1) is 9.76. The van der Waals surface area contributed by atoms with Crippen molar-refractivity contribution in [2.45, 2.75) is 18.1 Å². The van der Waals surface area contributed by atoms with Gasteiger partial charge in [-0.1, -0.05) is 0 Å². The van der Waals surface area contributed by atoms with E-state index < -0.39 is 16.0 Å². The van der Waals surface area contributed by atoms with Crippen LogP contribution in [0.1, 0.15) is 20.8 Å². The average molecular weight is 346 g/mol. The lowest BCUT2D eigenvalue weighted by molar-refractivity contribution is 0.0601. The number of hydrogen-bond acceptors (Lipinski definition) is 7. The van der Waals surface area contributed by atoms with Crippen LogP contribution in [0.3, 0.4) is 0 Å². The van der Waals surface area contributed by atoms with Crippen LogP contribution in [0.4, 0.5) is 10.7 Å². The zero-order chi connectivity index (χ0) is 15.8. The molecule has 0 aliphatic carbocycles. The second kappa shape index (κ2) is 5.66. The molecule has 3 N–H and O–H groups in total. The Hall–Kier alpha value is -1.58. The van der Waals surface area contributed by atoms with E-state index >= 15 is 0 Å². The van der Waals surface area contributed by atoms with Crippen molar-refractivity contribution in [3.8, 4) is 0 Å². The quantitative estimate of drug-likeness (QED) is 0.829. The minimum atomic E-state index is -3.77. The second-order valence-corrected chi connectivity index (χ2v) is 8.33. The summed E-state index contributed by atoms with van der Waals surface area (Å²) in [7, 11) is -2.51. The van der Waals surface area contributed by atoms with Crippen LogP contribution in [0.5, 0.6) is 0 Å². The molecule has 2 heterocycles. The fraction of sp³-hybridized carbons (Fsp3) is 0.250. The number of carbonyl (C=O) groups is 1. The summed E-state index contributed by atoms with van der Waals surface area (Å²) < 4.78 is 31.8. The molecule has 2 aromatic rings. The highest BCUT2D eigenvalue weighted by Crippen LogP contribution is 2.35. The third-order valence-electron chi connectivity index (χ3n) is 2.86. The maximum Gasteiger partial charge on any atom is 0.341 e. The molecule has 0 amide bonds. The lowest BCUT2D eigenvalue weighted by Gasteiger charge is -2.06. The number of sulfonamides is 1. The summed E-state index contributed by atoms with van der Waals surface area (Å²) in [5.41, 5.74) is 6.87. The van der Waals surface area contributed by atoms with E-state index in [1.165, 1.54) is 24.5 Å². The SMILES string of the molecule is COC(=O)c1c(NS(=O)(=O)c2cc(N)cs2)sc(C)c1C.